The summed E-state index contributed by atoms with van der Waals surface area (Å²) in [6.45, 7) is 3.85. The third kappa shape index (κ3) is 4.30. The molecule has 0 aromatic heterocycles. The molecule has 1 rings (SSSR count). The molecule has 1 aromatic carbocycles. The molecule has 0 radical (unpaired) electrons. The third-order valence-corrected chi connectivity index (χ3v) is 3.32. The second-order valence-corrected chi connectivity index (χ2v) is 4.65. The Morgan fingerprint density at radius 2 is 2.06 bits per heavy atom. The average Bonchev–Trinajstić information content (AvgIpc) is 2.29. The van der Waals surface area contributed by atoms with Crippen molar-refractivity contribution in [3.05, 3.63) is 33.8 Å². The zero-order valence-electron chi connectivity index (χ0n) is 9.34. The molecule has 0 spiro atoms. The number of hydrogen-bond donors (Lipinski definition) is 2. The fourth-order valence-corrected chi connectivity index (χ4v) is 1.73. The highest BCUT2D eigenvalue weighted by Gasteiger charge is 2.04. The molecule has 0 aliphatic heterocycles. The first-order valence-corrected chi connectivity index (χ1v) is 6.18. The molecular weight excluding hydrogens is 245 g/mol. The molecule has 4 heteroatoms. The SMILES string of the molecule is CCC(CO)CNCc1ccc(Cl)c(Cl)c1. The van der Waals surface area contributed by atoms with Gasteiger partial charge in [-0.2, -0.15) is 0 Å². The van der Waals surface area contributed by atoms with Crippen LogP contribution in [0, 0.1) is 5.92 Å². The first-order chi connectivity index (χ1) is 7.67. The molecule has 0 bridgehead atoms. The van der Waals surface area contributed by atoms with Gasteiger partial charge in [-0.25, -0.2) is 0 Å². The van der Waals surface area contributed by atoms with Crippen molar-refractivity contribution in [3.8, 4) is 0 Å². The zero-order valence-corrected chi connectivity index (χ0v) is 10.9. The van der Waals surface area contributed by atoms with Gasteiger partial charge in [-0.05, 0) is 30.0 Å². The van der Waals surface area contributed by atoms with Crippen LogP contribution in [-0.2, 0) is 6.54 Å². The number of rotatable bonds is 6. The van der Waals surface area contributed by atoms with Crippen LogP contribution in [0.5, 0.6) is 0 Å². The Hall–Kier alpha value is -0.280. The van der Waals surface area contributed by atoms with Crippen LogP contribution < -0.4 is 5.32 Å². The van der Waals surface area contributed by atoms with Gasteiger partial charge in [0.15, 0.2) is 0 Å². The van der Waals surface area contributed by atoms with Crippen molar-refractivity contribution in [1.29, 1.82) is 0 Å². The van der Waals surface area contributed by atoms with Gasteiger partial charge >= 0.3 is 0 Å². The molecule has 2 N–H and O–H groups in total. The van der Waals surface area contributed by atoms with E-state index < -0.39 is 0 Å². The molecule has 1 aromatic rings. The number of aliphatic hydroxyl groups excluding tert-OH is 1. The summed E-state index contributed by atoms with van der Waals surface area (Å²) in [7, 11) is 0. The van der Waals surface area contributed by atoms with Crippen LogP contribution in [-0.4, -0.2) is 18.3 Å². The predicted octanol–water partition coefficient (Wildman–Crippen LogP) is 3.10. The normalized spacial score (nSPS) is 12.8. The molecule has 16 heavy (non-hydrogen) atoms. The van der Waals surface area contributed by atoms with Crippen molar-refractivity contribution in [2.45, 2.75) is 19.9 Å². The smallest absolute Gasteiger partial charge is 0.0595 e. The van der Waals surface area contributed by atoms with Crippen LogP contribution in [0.3, 0.4) is 0 Å². The van der Waals surface area contributed by atoms with Gasteiger partial charge in [-0.3, -0.25) is 0 Å². The minimum Gasteiger partial charge on any atom is -0.396 e. The fraction of sp³-hybridized carbons (Fsp3) is 0.500. The van der Waals surface area contributed by atoms with Gasteiger partial charge in [0.1, 0.15) is 0 Å². The Morgan fingerprint density at radius 3 is 2.62 bits per heavy atom. The monoisotopic (exact) mass is 261 g/mol. The number of benzene rings is 1. The Kier molecular flexibility index (Phi) is 6.14. The van der Waals surface area contributed by atoms with Crippen LogP contribution in [0.4, 0.5) is 0 Å². The molecule has 2 nitrogen and oxygen atoms in total. The van der Waals surface area contributed by atoms with Crippen LogP contribution in [0.2, 0.25) is 10.0 Å². The van der Waals surface area contributed by atoms with E-state index in [0.29, 0.717) is 16.0 Å². The molecule has 0 aliphatic carbocycles. The summed E-state index contributed by atoms with van der Waals surface area (Å²) in [6.07, 6.45) is 0.977. The number of halogens is 2. The Labute approximate surface area is 107 Å². The third-order valence-electron chi connectivity index (χ3n) is 2.58. The Morgan fingerprint density at radius 1 is 1.31 bits per heavy atom. The van der Waals surface area contributed by atoms with E-state index in [1.165, 1.54) is 0 Å². The second kappa shape index (κ2) is 7.13. The summed E-state index contributed by atoms with van der Waals surface area (Å²) in [4.78, 5) is 0. The first kappa shape index (κ1) is 13.8. The van der Waals surface area contributed by atoms with E-state index in [1.54, 1.807) is 6.07 Å². The minimum absolute atomic E-state index is 0.227. The quantitative estimate of drug-likeness (QED) is 0.825. The highest BCUT2D eigenvalue weighted by atomic mass is 35.5. The van der Waals surface area contributed by atoms with Gasteiger partial charge in [0, 0.05) is 19.7 Å². The molecular formula is C12H17Cl2NO. The maximum Gasteiger partial charge on any atom is 0.0595 e. The lowest BCUT2D eigenvalue weighted by Crippen LogP contribution is -2.24. The molecule has 1 atom stereocenters. The largest absolute Gasteiger partial charge is 0.396 e. The van der Waals surface area contributed by atoms with Crippen LogP contribution in [0.25, 0.3) is 0 Å². The molecule has 1 unspecified atom stereocenters. The number of hydrogen-bond acceptors (Lipinski definition) is 2. The van der Waals surface area contributed by atoms with E-state index in [1.807, 2.05) is 12.1 Å². The van der Waals surface area contributed by atoms with Crippen LogP contribution >= 0.6 is 23.2 Å². The zero-order chi connectivity index (χ0) is 12.0. The highest BCUT2D eigenvalue weighted by molar-refractivity contribution is 6.42. The van der Waals surface area contributed by atoms with E-state index >= 15 is 0 Å². The minimum atomic E-state index is 0.227. The van der Waals surface area contributed by atoms with Gasteiger partial charge in [0.05, 0.1) is 10.0 Å². The first-order valence-electron chi connectivity index (χ1n) is 5.42. The van der Waals surface area contributed by atoms with Crippen molar-refractivity contribution < 1.29 is 5.11 Å². The summed E-state index contributed by atoms with van der Waals surface area (Å²) in [5.41, 5.74) is 1.10. The van der Waals surface area contributed by atoms with E-state index in [9.17, 15) is 0 Å². The van der Waals surface area contributed by atoms with Crippen LogP contribution in [0.15, 0.2) is 18.2 Å². The topological polar surface area (TPSA) is 32.3 Å². The summed E-state index contributed by atoms with van der Waals surface area (Å²) in [6, 6.07) is 5.60. The van der Waals surface area contributed by atoms with Gasteiger partial charge in [0.25, 0.3) is 0 Å². The maximum atomic E-state index is 9.03. The molecule has 0 amide bonds. The van der Waals surface area contributed by atoms with Gasteiger partial charge < -0.3 is 10.4 Å². The van der Waals surface area contributed by atoms with Gasteiger partial charge in [-0.1, -0.05) is 36.2 Å². The van der Waals surface area contributed by atoms with Crippen molar-refractivity contribution in [1.82, 2.24) is 5.32 Å². The van der Waals surface area contributed by atoms with E-state index in [-0.39, 0.29) is 6.61 Å². The fourth-order valence-electron chi connectivity index (χ4n) is 1.41. The lowest BCUT2D eigenvalue weighted by atomic mass is 10.1. The molecule has 0 heterocycles. The summed E-state index contributed by atoms with van der Waals surface area (Å²) in [5, 5.41) is 13.5. The summed E-state index contributed by atoms with van der Waals surface area (Å²) < 4.78 is 0. The number of aliphatic hydroxyl groups is 1. The molecule has 0 saturated carbocycles. The Balaban J connectivity index is 2.40. The predicted molar refractivity (Wildman–Crippen MR) is 69.0 cm³/mol. The lowest BCUT2D eigenvalue weighted by molar-refractivity contribution is 0.218. The molecule has 0 aliphatic rings. The van der Waals surface area contributed by atoms with Gasteiger partial charge in [-0.15, -0.1) is 0 Å². The second-order valence-electron chi connectivity index (χ2n) is 3.84. The maximum absolute atomic E-state index is 9.03. The van der Waals surface area contributed by atoms with Crippen molar-refractivity contribution >= 4 is 23.2 Å². The van der Waals surface area contributed by atoms with E-state index in [4.69, 9.17) is 28.3 Å². The molecule has 90 valence electrons. The molecule has 0 saturated heterocycles. The number of nitrogens with one attached hydrogen (secondary N) is 1. The average molecular weight is 262 g/mol. The van der Waals surface area contributed by atoms with Crippen molar-refractivity contribution in [2.24, 2.45) is 5.92 Å². The lowest BCUT2D eigenvalue weighted by Gasteiger charge is -2.12. The standard InChI is InChI=1S/C12H17Cl2NO/c1-2-9(8-16)6-15-7-10-3-4-11(13)12(14)5-10/h3-5,9,15-16H,2,6-8H2,1H3. The summed E-state index contributed by atoms with van der Waals surface area (Å²) in [5.74, 6) is 0.322. The van der Waals surface area contributed by atoms with Crippen molar-refractivity contribution in [3.63, 3.8) is 0 Å². The van der Waals surface area contributed by atoms with Crippen molar-refractivity contribution in [2.75, 3.05) is 13.2 Å². The van der Waals surface area contributed by atoms with E-state index in [0.717, 1.165) is 25.1 Å². The van der Waals surface area contributed by atoms with Crippen LogP contribution in [0.1, 0.15) is 18.9 Å². The van der Waals surface area contributed by atoms with E-state index in [2.05, 4.69) is 12.2 Å². The van der Waals surface area contributed by atoms with Gasteiger partial charge in [0.2, 0.25) is 0 Å². The summed E-state index contributed by atoms with van der Waals surface area (Å²) >= 11 is 11.7. The Bertz CT molecular complexity index is 327. The highest BCUT2D eigenvalue weighted by Crippen LogP contribution is 2.22. The molecule has 0 fully saturated rings.